The highest BCUT2D eigenvalue weighted by Gasteiger charge is 2.16. The van der Waals surface area contributed by atoms with E-state index in [4.69, 9.17) is 0 Å². The molecule has 0 bridgehead atoms. The molecule has 0 fully saturated rings. The second-order valence-corrected chi connectivity index (χ2v) is 6.31. The van der Waals surface area contributed by atoms with Crippen LogP contribution in [0.3, 0.4) is 0 Å². The van der Waals surface area contributed by atoms with Crippen LogP contribution in [0.25, 0.3) is 0 Å². The van der Waals surface area contributed by atoms with E-state index in [2.05, 4.69) is 4.72 Å². The summed E-state index contributed by atoms with van der Waals surface area (Å²) >= 11 is 0. The van der Waals surface area contributed by atoms with Crippen molar-refractivity contribution in [2.45, 2.75) is 25.2 Å². The smallest absolute Gasteiger partial charge is 0.262 e. The van der Waals surface area contributed by atoms with Crippen LogP contribution < -0.4 is 4.72 Å². The lowest BCUT2D eigenvalue weighted by Crippen LogP contribution is -2.13. The predicted molar refractivity (Wildman–Crippen MR) is 79.5 cm³/mol. The van der Waals surface area contributed by atoms with Gasteiger partial charge in [-0.3, -0.25) is 4.72 Å². The van der Waals surface area contributed by atoms with Crippen molar-refractivity contribution in [2.75, 3.05) is 4.72 Å². The van der Waals surface area contributed by atoms with Gasteiger partial charge in [-0.2, -0.15) is 0 Å². The Morgan fingerprint density at radius 1 is 1.10 bits per heavy atom. The molecule has 0 saturated carbocycles. The van der Waals surface area contributed by atoms with E-state index in [0.29, 0.717) is 0 Å². The molecule has 2 N–H and O–H groups in total. The molecule has 0 saturated heterocycles. The van der Waals surface area contributed by atoms with Crippen LogP contribution in [0, 0.1) is 6.92 Å². The number of hydrogen-bond donors (Lipinski definition) is 2. The Hall–Kier alpha value is -2.01. The lowest BCUT2D eigenvalue weighted by molar-refractivity contribution is 0.477. The topological polar surface area (TPSA) is 66.4 Å². The number of phenolic OH excluding ortho intramolecular Hbond substituents is 1. The van der Waals surface area contributed by atoms with Crippen molar-refractivity contribution >= 4 is 15.7 Å². The standard InChI is InChI=1S/C15H17NO3S/c1-3-12-6-9-15(17)14(10-12)16-20(18,19)13-7-4-11(2)5-8-13/h4-10,16-17H,3H2,1-2H3. The fourth-order valence-corrected chi connectivity index (χ4v) is 2.87. The van der Waals surface area contributed by atoms with Gasteiger partial charge in [-0.25, -0.2) is 8.42 Å². The zero-order chi connectivity index (χ0) is 14.8. The maximum atomic E-state index is 12.2. The quantitative estimate of drug-likeness (QED) is 0.851. The third-order valence-electron chi connectivity index (χ3n) is 3.04. The summed E-state index contributed by atoms with van der Waals surface area (Å²) in [6.45, 7) is 3.85. The summed E-state index contributed by atoms with van der Waals surface area (Å²) in [7, 11) is -3.69. The minimum absolute atomic E-state index is 0.0853. The third-order valence-corrected chi connectivity index (χ3v) is 4.43. The van der Waals surface area contributed by atoms with Crippen LogP contribution >= 0.6 is 0 Å². The Kier molecular flexibility index (Phi) is 3.99. The Morgan fingerprint density at radius 3 is 2.35 bits per heavy atom. The first-order chi connectivity index (χ1) is 9.42. The highest BCUT2D eigenvalue weighted by atomic mass is 32.2. The molecule has 20 heavy (non-hydrogen) atoms. The maximum Gasteiger partial charge on any atom is 0.262 e. The summed E-state index contributed by atoms with van der Waals surface area (Å²) < 4.78 is 26.9. The molecule has 0 amide bonds. The molecule has 106 valence electrons. The Morgan fingerprint density at radius 2 is 1.75 bits per heavy atom. The van der Waals surface area contributed by atoms with E-state index in [9.17, 15) is 13.5 Å². The molecule has 4 nitrogen and oxygen atoms in total. The van der Waals surface area contributed by atoms with Crippen molar-refractivity contribution < 1.29 is 13.5 Å². The number of phenols is 1. The second kappa shape index (κ2) is 5.54. The number of nitrogens with one attached hydrogen (secondary N) is 1. The van der Waals surface area contributed by atoms with E-state index < -0.39 is 10.0 Å². The molecule has 2 rings (SSSR count). The van der Waals surface area contributed by atoms with Gasteiger partial charge in [0, 0.05) is 0 Å². The molecule has 0 spiro atoms. The summed E-state index contributed by atoms with van der Waals surface area (Å²) in [6.07, 6.45) is 0.763. The lowest BCUT2D eigenvalue weighted by atomic mass is 10.1. The van der Waals surface area contributed by atoms with Gasteiger partial charge in [0.1, 0.15) is 5.75 Å². The van der Waals surface area contributed by atoms with Gasteiger partial charge in [0.05, 0.1) is 10.6 Å². The Bertz CT molecular complexity index is 706. The van der Waals surface area contributed by atoms with Gasteiger partial charge in [0.2, 0.25) is 0 Å². The van der Waals surface area contributed by atoms with Gasteiger partial charge in [-0.05, 0) is 43.2 Å². The molecule has 0 aromatic heterocycles. The van der Waals surface area contributed by atoms with Crippen molar-refractivity contribution in [3.8, 4) is 5.75 Å². The normalized spacial score (nSPS) is 11.3. The molecular weight excluding hydrogens is 274 g/mol. The van der Waals surface area contributed by atoms with Crippen molar-refractivity contribution in [3.05, 3.63) is 53.6 Å². The SMILES string of the molecule is CCc1ccc(O)c(NS(=O)(=O)c2ccc(C)cc2)c1. The van der Waals surface area contributed by atoms with Crippen LogP contribution in [0.2, 0.25) is 0 Å². The monoisotopic (exact) mass is 291 g/mol. The van der Waals surface area contributed by atoms with E-state index in [1.807, 2.05) is 13.8 Å². The van der Waals surface area contributed by atoms with E-state index in [1.54, 1.807) is 36.4 Å². The summed E-state index contributed by atoms with van der Waals surface area (Å²) in [6, 6.07) is 11.4. The maximum absolute atomic E-state index is 12.2. The van der Waals surface area contributed by atoms with Crippen molar-refractivity contribution in [1.29, 1.82) is 0 Å². The van der Waals surface area contributed by atoms with Gasteiger partial charge in [-0.15, -0.1) is 0 Å². The fourth-order valence-electron chi connectivity index (χ4n) is 1.81. The van der Waals surface area contributed by atoms with Gasteiger partial charge >= 0.3 is 0 Å². The average molecular weight is 291 g/mol. The predicted octanol–water partition coefficient (Wildman–Crippen LogP) is 3.06. The van der Waals surface area contributed by atoms with Gasteiger partial charge in [-0.1, -0.05) is 30.7 Å². The zero-order valence-corrected chi connectivity index (χ0v) is 12.2. The first-order valence-electron chi connectivity index (χ1n) is 6.34. The molecule has 0 heterocycles. The van der Waals surface area contributed by atoms with Crippen molar-refractivity contribution in [1.82, 2.24) is 0 Å². The fraction of sp³-hybridized carbons (Fsp3) is 0.200. The molecular formula is C15H17NO3S. The van der Waals surface area contributed by atoms with Crippen LogP contribution in [0.4, 0.5) is 5.69 Å². The van der Waals surface area contributed by atoms with Crippen LogP contribution in [0.5, 0.6) is 5.75 Å². The number of hydrogen-bond acceptors (Lipinski definition) is 3. The first-order valence-corrected chi connectivity index (χ1v) is 7.82. The molecule has 0 aliphatic heterocycles. The van der Waals surface area contributed by atoms with E-state index >= 15 is 0 Å². The Labute approximate surface area is 119 Å². The molecule has 2 aromatic rings. The molecule has 0 radical (unpaired) electrons. The zero-order valence-electron chi connectivity index (χ0n) is 11.4. The number of aryl methyl sites for hydroxylation is 2. The van der Waals surface area contributed by atoms with Crippen LogP contribution in [-0.2, 0) is 16.4 Å². The number of rotatable bonds is 4. The number of benzene rings is 2. The van der Waals surface area contributed by atoms with E-state index in [-0.39, 0.29) is 16.3 Å². The molecule has 2 aromatic carbocycles. The lowest BCUT2D eigenvalue weighted by Gasteiger charge is -2.11. The molecule has 0 aliphatic rings. The number of anilines is 1. The average Bonchev–Trinajstić information content (AvgIpc) is 2.41. The van der Waals surface area contributed by atoms with Gasteiger partial charge in [0.15, 0.2) is 0 Å². The molecule has 0 aliphatic carbocycles. The van der Waals surface area contributed by atoms with Crippen LogP contribution in [0.15, 0.2) is 47.4 Å². The highest BCUT2D eigenvalue weighted by molar-refractivity contribution is 7.92. The summed E-state index contributed by atoms with van der Waals surface area (Å²) in [5.41, 5.74) is 2.13. The minimum atomic E-state index is -3.69. The third kappa shape index (κ3) is 3.11. The highest BCUT2D eigenvalue weighted by Crippen LogP contribution is 2.27. The van der Waals surface area contributed by atoms with Crippen molar-refractivity contribution in [2.24, 2.45) is 0 Å². The number of sulfonamides is 1. The molecule has 0 unspecified atom stereocenters. The summed E-state index contributed by atoms with van der Waals surface area (Å²) in [4.78, 5) is 0.171. The van der Waals surface area contributed by atoms with Crippen LogP contribution in [-0.4, -0.2) is 13.5 Å². The van der Waals surface area contributed by atoms with Crippen molar-refractivity contribution in [3.63, 3.8) is 0 Å². The molecule has 0 atom stereocenters. The van der Waals surface area contributed by atoms with E-state index in [1.165, 1.54) is 6.07 Å². The van der Waals surface area contributed by atoms with Gasteiger partial charge in [0.25, 0.3) is 10.0 Å². The van der Waals surface area contributed by atoms with Crippen LogP contribution in [0.1, 0.15) is 18.1 Å². The Balaban J connectivity index is 2.35. The number of aromatic hydroxyl groups is 1. The minimum Gasteiger partial charge on any atom is -0.506 e. The van der Waals surface area contributed by atoms with Gasteiger partial charge < -0.3 is 5.11 Å². The summed E-state index contributed by atoms with van der Waals surface area (Å²) in [5, 5.41) is 9.76. The first kappa shape index (κ1) is 14.4. The largest absolute Gasteiger partial charge is 0.506 e. The van der Waals surface area contributed by atoms with E-state index in [0.717, 1.165) is 17.5 Å². The summed E-state index contributed by atoms with van der Waals surface area (Å²) in [5.74, 6) is -0.0853. The second-order valence-electron chi connectivity index (χ2n) is 4.62. The molecule has 5 heteroatoms.